The Labute approximate surface area is 161 Å². The smallest absolute Gasteiger partial charge is 0.309 e. The van der Waals surface area contributed by atoms with Crippen molar-refractivity contribution in [2.45, 2.75) is 32.3 Å². The summed E-state index contributed by atoms with van der Waals surface area (Å²) in [6.07, 6.45) is 3.28. The van der Waals surface area contributed by atoms with Gasteiger partial charge in [0.05, 0.1) is 5.92 Å². The zero-order valence-electron chi connectivity index (χ0n) is 14.8. The standard InChI is InChI=1S/C19H20ClN3O4/c20-15-5-3-12(4-6-15)17-22-21-16(27-17)11-26-19(25)14-7-9-23(10-8-14)18(24)13-1-2-13/h3-6,13-14H,1-2,7-11H2. The zero-order valence-corrected chi connectivity index (χ0v) is 15.5. The second-order valence-corrected chi connectivity index (χ2v) is 7.43. The van der Waals surface area contributed by atoms with Crippen LogP contribution in [0, 0.1) is 11.8 Å². The van der Waals surface area contributed by atoms with E-state index in [1.807, 2.05) is 4.90 Å². The lowest BCUT2D eigenvalue weighted by atomic mass is 9.97. The molecule has 2 heterocycles. The van der Waals surface area contributed by atoms with Gasteiger partial charge in [0.25, 0.3) is 5.89 Å². The van der Waals surface area contributed by atoms with Crippen LogP contribution in [0.15, 0.2) is 28.7 Å². The van der Waals surface area contributed by atoms with Crippen molar-refractivity contribution in [1.82, 2.24) is 15.1 Å². The number of amides is 1. The topological polar surface area (TPSA) is 85.5 Å². The van der Waals surface area contributed by atoms with Crippen LogP contribution in [0.3, 0.4) is 0 Å². The molecule has 1 aliphatic heterocycles. The van der Waals surface area contributed by atoms with E-state index in [1.165, 1.54) is 0 Å². The summed E-state index contributed by atoms with van der Waals surface area (Å²) in [5.41, 5.74) is 0.747. The third-order valence-electron chi connectivity index (χ3n) is 4.96. The van der Waals surface area contributed by atoms with Crippen LogP contribution in [0.25, 0.3) is 11.5 Å². The van der Waals surface area contributed by atoms with Gasteiger partial charge in [0.2, 0.25) is 11.8 Å². The minimum atomic E-state index is -0.278. The number of likely N-dealkylation sites (tertiary alicyclic amines) is 1. The van der Waals surface area contributed by atoms with Crippen molar-refractivity contribution < 1.29 is 18.7 Å². The number of esters is 1. The highest BCUT2D eigenvalue weighted by molar-refractivity contribution is 6.30. The second kappa shape index (κ2) is 7.68. The Morgan fingerprint density at radius 2 is 1.78 bits per heavy atom. The summed E-state index contributed by atoms with van der Waals surface area (Å²) in [4.78, 5) is 26.2. The Balaban J connectivity index is 1.26. The van der Waals surface area contributed by atoms with Crippen molar-refractivity contribution in [3.63, 3.8) is 0 Å². The molecule has 0 unspecified atom stereocenters. The van der Waals surface area contributed by atoms with E-state index in [9.17, 15) is 9.59 Å². The molecule has 27 heavy (non-hydrogen) atoms. The highest BCUT2D eigenvalue weighted by Crippen LogP contribution is 2.32. The van der Waals surface area contributed by atoms with Crippen LogP contribution in [0.2, 0.25) is 5.02 Å². The van der Waals surface area contributed by atoms with Gasteiger partial charge in [-0.25, -0.2) is 0 Å². The molecule has 2 aromatic rings. The number of carbonyl (C=O) groups excluding carboxylic acids is 2. The molecular formula is C19H20ClN3O4. The van der Waals surface area contributed by atoms with E-state index in [-0.39, 0.29) is 36.2 Å². The third kappa shape index (κ3) is 4.30. The van der Waals surface area contributed by atoms with Gasteiger partial charge in [-0.15, -0.1) is 10.2 Å². The third-order valence-corrected chi connectivity index (χ3v) is 5.21. The Kier molecular flexibility index (Phi) is 5.11. The number of hydrogen-bond donors (Lipinski definition) is 0. The van der Waals surface area contributed by atoms with E-state index < -0.39 is 0 Å². The van der Waals surface area contributed by atoms with E-state index in [0.29, 0.717) is 36.8 Å². The molecule has 7 nitrogen and oxygen atoms in total. The molecule has 0 bridgehead atoms. The number of aromatic nitrogens is 2. The molecule has 2 aliphatic rings. The van der Waals surface area contributed by atoms with E-state index in [0.717, 1.165) is 18.4 Å². The van der Waals surface area contributed by atoms with Crippen LogP contribution in [0.5, 0.6) is 0 Å². The SMILES string of the molecule is O=C(OCc1nnc(-c2ccc(Cl)cc2)o1)C1CCN(C(=O)C2CC2)CC1. The van der Waals surface area contributed by atoms with E-state index >= 15 is 0 Å². The van der Waals surface area contributed by atoms with Gasteiger partial charge in [0.1, 0.15) is 0 Å². The molecule has 0 radical (unpaired) electrons. The predicted octanol–water partition coefficient (Wildman–Crippen LogP) is 3.08. The molecule has 142 valence electrons. The first kappa shape index (κ1) is 18.0. The fraction of sp³-hybridized carbons (Fsp3) is 0.474. The van der Waals surface area contributed by atoms with Gasteiger partial charge >= 0.3 is 5.97 Å². The van der Waals surface area contributed by atoms with E-state index in [1.54, 1.807) is 24.3 Å². The first-order valence-electron chi connectivity index (χ1n) is 9.14. The number of rotatable bonds is 5. The van der Waals surface area contributed by atoms with Crippen molar-refractivity contribution >= 4 is 23.5 Å². The largest absolute Gasteiger partial charge is 0.455 e. The maximum atomic E-state index is 12.3. The fourth-order valence-corrected chi connectivity index (χ4v) is 3.32. The molecule has 4 rings (SSSR count). The quantitative estimate of drug-likeness (QED) is 0.730. The highest BCUT2D eigenvalue weighted by atomic mass is 35.5. The van der Waals surface area contributed by atoms with Crippen LogP contribution < -0.4 is 0 Å². The summed E-state index contributed by atoms with van der Waals surface area (Å²) in [6.45, 7) is 1.19. The molecule has 1 aromatic heterocycles. The predicted molar refractivity (Wildman–Crippen MR) is 96.6 cm³/mol. The lowest BCUT2D eigenvalue weighted by Crippen LogP contribution is -2.41. The fourth-order valence-electron chi connectivity index (χ4n) is 3.20. The number of piperidine rings is 1. The summed E-state index contributed by atoms with van der Waals surface area (Å²) >= 11 is 5.86. The molecule has 1 aliphatic carbocycles. The van der Waals surface area contributed by atoms with E-state index in [2.05, 4.69) is 10.2 Å². The Morgan fingerprint density at radius 1 is 1.07 bits per heavy atom. The zero-order chi connectivity index (χ0) is 18.8. The number of nitrogens with zero attached hydrogens (tertiary/aromatic N) is 3. The molecule has 1 saturated heterocycles. The van der Waals surface area contributed by atoms with Gasteiger partial charge in [-0.1, -0.05) is 11.6 Å². The van der Waals surface area contributed by atoms with Gasteiger partial charge in [-0.05, 0) is 49.9 Å². The summed E-state index contributed by atoms with van der Waals surface area (Å²) in [7, 11) is 0. The maximum absolute atomic E-state index is 12.3. The number of ether oxygens (including phenoxy) is 1. The summed E-state index contributed by atoms with van der Waals surface area (Å²) in [5.74, 6) is 0.592. The molecule has 0 atom stereocenters. The maximum Gasteiger partial charge on any atom is 0.309 e. The lowest BCUT2D eigenvalue weighted by molar-refractivity contribution is -0.153. The Bertz CT molecular complexity index is 824. The van der Waals surface area contributed by atoms with Crippen molar-refractivity contribution in [3.8, 4) is 11.5 Å². The van der Waals surface area contributed by atoms with Gasteiger partial charge in [0, 0.05) is 29.6 Å². The van der Waals surface area contributed by atoms with Gasteiger partial charge in [0.15, 0.2) is 6.61 Å². The van der Waals surface area contributed by atoms with Crippen molar-refractivity contribution in [2.75, 3.05) is 13.1 Å². The molecule has 2 fully saturated rings. The number of halogens is 1. The van der Waals surface area contributed by atoms with E-state index in [4.69, 9.17) is 20.8 Å². The molecular weight excluding hydrogens is 370 g/mol. The second-order valence-electron chi connectivity index (χ2n) is 6.99. The minimum absolute atomic E-state index is 0.0549. The average molecular weight is 390 g/mol. The van der Waals surface area contributed by atoms with Crippen LogP contribution in [0.4, 0.5) is 0 Å². The normalized spacial score (nSPS) is 17.7. The molecule has 1 amide bonds. The summed E-state index contributed by atoms with van der Waals surface area (Å²) in [5, 5.41) is 8.50. The van der Waals surface area contributed by atoms with Gasteiger partial charge in [-0.2, -0.15) is 0 Å². The van der Waals surface area contributed by atoms with Crippen molar-refractivity contribution in [2.24, 2.45) is 11.8 Å². The first-order valence-corrected chi connectivity index (χ1v) is 9.51. The molecule has 0 N–H and O–H groups in total. The van der Waals surface area contributed by atoms with Crippen LogP contribution in [0.1, 0.15) is 31.6 Å². The van der Waals surface area contributed by atoms with Crippen LogP contribution in [-0.2, 0) is 20.9 Å². The van der Waals surface area contributed by atoms with Gasteiger partial charge < -0.3 is 14.1 Å². The summed E-state index contributed by atoms with van der Waals surface area (Å²) < 4.78 is 10.9. The van der Waals surface area contributed by atoms with Crippen LogP contribution in [-0.4, -0.2) is 40.1 Å². The molecule has 1 aromatic carbocycles. The lowest BCUT2D eigenvalue weighted by Gasteiger charge is -2.30. The average Bonchev–Trinajstić information content (AvgIpc) is 3.44. The monoisotopic (exact) mass is 389 g/mol. The number of carbonyl (C=O) groups is 2. The van der Waals surface area contributed by atoms with Crippen molar-refractivity contribution in [3.05, 3.63) is 35.2 Å². The Hall–Kier alpha value is -2.41. The Morgan fingerprint density at radius 3 is 2.44 bits per heavy atom. The molecule has 0 spiro atoms. The molecule has 1 saturated carbocycles. The van der Waals surface area contributed by atoms with Gasteiger partial charge in [-0.3, -0.25) is 9.59 Å². The highest BCUT2D eigenvalue weighted by Gasteiger charge is 2.36. The number of benzene rings is 1. The first-order chi connectivity index (χ1) is 13.1. The minimum Gasteiger partial charge on any atom is -0.455 e. The van der Waals surface area contributed by atoms with Crippen molar-refractivity contribution in [1.29, 1.82) is 0 Å². The molecule has 8 heteroatoms. The number of hydrogen-bond acceptors (Lipinski definition) is 6. The van der Waals surface area contributed by atoms with Crippen LogP contribution >= 0.6 is 11.6 Å². The summed E-state index contributed by atoms with van der Waals surface area (Å²) in [6, 6.07) is 7.03.